The summed E-state index contributed by atoms with van der Waals surface area (Å²) in [5.41, 5.74) is 2.55. The second-order valence-corrected chi connectivity index (χ2v) is 5.49. The molecule has 2 atom stereocenters. The molecule has 2 nitrogen and oxygen atoms in total. The standard InChI is InChI=1S/C19H25NO/c1-2-9-19(17-12-7-4-8-13-17)20-18(15-21)14-16-10-5-3-6-11-16/h3-8,10-13,18-21H,2,9,14-15H2,1H3/t18-,19?/m0/s1. The number of hydrogen-bond acceptors (Lipinski definition) is 2. The summed E-state index contributed by atoms with van der Waals surface area (Å²) in [7, 11) is 0. The molecule has 0 radical (unpaired) electrons. The third kappa shape index (κ3) is 5.00. The smallest absolute Gasteiger partial charge is 0.0588 e. The van der Waals surface area contributed by atoms with E-state index in [2.05, 4.69) is 48.6 Å². The Balaban J connectivity index is 2.03. The minimum absolute atomic E-state index is 0.0872. The maximum atomic E-state index is 9.69. The summed E-state index contributed by atoms with van der Waals surface area (Å²) in [6, 6.07) is 21.2. The van der Waals surface area contributed by atoms with Crippen LogP contribution in [-0.4, -0.2) is 17.8 Å². The molecule has 2 rings (SSSR count). The lowest BCUT2D eigenvalue weighted by molar-refractivity contribution is 0.227. The van der Waals surface area contributed by atoms with Crippen LogP contribution in [0.15, 0.2) is 60.7 Å². The Bertz CT molecular complexity index is 497. The Morgan fingerprint density at radius 3 is 2.14 bits per heavy atom. The first-order chi connectivity index (χ1) is 10.3. The SMILES string of the molecule is CCCC(N[C@H](CO)Cc1ccccc1)c1ccccc1. The van der Waals surface area contributed by atoms with Gasteiger partial charge in [-0.2, -0.15) is 0 Å². The van der Waals surface area contributed by atoms with Gasteiger partial charge in [-0.3, -0.25) is 0 Å². The molecule has 2 aromatic carbocycles. The first-order valence-corrected chi connectivity index (χ1v) is 7.79. The Labute approximate surface area is 127 Å². The fourth-order valence-electron chi connectivity index (χ4n) is 2.68. The van der Waals surface area contributed by atoms with E-state index in [1.807, 2.05) is 24.3 Å². The predicted octanol–water partition coefficient (Wildman–Crippen LogP) is 3.72. The van der Waals surface area contributed by atoms with Crippen LogP contribution in [0, 0.1) is 0 Å². The van der Waals surface area contributed by atoms with Crippen molar-refractivity contribution in [2.24, 2.45) is 0 Å². The highest BCUT2D eigenvalue weighted by Gasteiger charge is 2.16. The molecular formula is C19H25NO. The lowest BCUT2D eigenvalue weighted by atomic mass is 9.99. The summed E-state index contributed by atoms with van der Waals surface area (Å²) in [6.45, 7) is 2.35. The first-order valence-electron chi connectivity index (χ1n) is 7.79. The molecule has 0 aromatic heterocycles. The Kier molecular flexibility index (Phi) is 6.45. The van der Waals surface area contributed by atoms with Gasteiger partial charge in [-0.05, 0) is 24.0 Å². The van der Waals surface area contributed by atoms with E-state index in [-0.39, 0.29) is 12.6 Å². The zero-order chi connectivity index (χ0) is 14.9. The van der Waals surface area contributed by atoms with E-state index in [1.165, 1.54) is 11.1 Å². The van der Waals surface area contributed by atoms with Gasteiger partial charge in [0.05, 0.1) is 6.61 Å². The normalized spacial score (nSPS) is 13.8. The molecular weight excluding hydrogens is 258 g/mol. The molecule has 1 unspecified atom stereocenters. The van der Waals surface area contributed by atoms with Crippen LogP contribution in [0.4, 0.5) is 0 Å². The van der Waals surface area contributed by atoms with E-state index in [1.54, 1.807) is 0 Å². The predicted molar refractivity (Wildman–Crippen MR) is 88.2 cm³/mol. The summed E-state index contributed by atoms with van der Waals surface area (Å²) >= 11 is 0. The fourth-order valence-corrected chi connectivity index (χ4v) is 2.68. The van der Waals surface area contributed by atoms with Gasteiger partial charge in [-0.15, -0.1) is 0 Å². The zero-order valence-electron chi connectivity index (χ0n) is 12.7. The molecule has 0 saturated heterocycles. The number of aliphatic hydroxyl groups is 1. The van der Waals surface area contributed by atoms with Gasteiger partial charge in [0.15, 0.2) is 0 Å². The molecule has 0 saturated carbocycles. The summed E-state index contributed by atoms with van der Waals surface area (Å²) in [4.78, 5) is 0. The molecule has 0 spiro atoms. The Hall–Kier alpha value is -1.64. The van der Waals surface area contributed by atoms with Crippen LogP contribution in [0.5, 0.6) is 0 Å². The minimum Gasteiger partial charge on any atom is -0.395 e. The molecule has 0 heterocycles. The van der Waals surface area contributed by atoms with Crippen LogP contribution in [0.25, 0.3) is 0 Å². The van der Waals surface area contributed by atoms with E-state index in [0.717, 1.165) is 19.3 Å². The number of benzene rings is 2. The second-order valence-electron chi connectivity index (χ2n) is 5.49. The molecule has 0 fully saturated rings. The third-order valence-corrected chi connectivity index (χ3v) is 3.76. The molecule has 0 amide bonds. The van der Waals surface area contributed by atoms with Crippen LogP contribution in [0.1, 0.15) is 36.9 Å². The zero-order valence-corrected chi connectivity index (χ0v) is 12.7. The largest absolute Gasteiger partial charge is 0.395 e. The number of rotatable bonds is 8. The molecule has 0 aliphatic carbocycles. The van der Waals surface area contributed by atoms with Crippen LogP contribution >= 0.6 is 0 Å². The topological polar surface area (TPSA) is 32.3 Å². The van der Waals surface area contributed by atoms with Crippen molar-refractivity contribution in [3.63, 3.8) is 0 Å². The molecule has 0 aliphatic heterocycles. The third-order valence-electron chi connectivity index (χ3n) is 3.76. The van der Waals surface area contributed by atoms with Crippen molar-refractivity contribution in [3.8, 4) is 0 Å². The van der Waals surface area contributed by atoms with Crippen LogP contribution in [0.3, 0.4) is 0 Å². The van der Waals surface area contributed by atoms with Gasteiger partial charge in [-0.1, -0.05) is 74.0 Å². The molecule has 2 N–H and O–H groups in total. The fraction of sp³-hybridized carbons (Fsp3) is 0.368. The van der Waals surface area contributed by atoms with Gasteiger partial charge in [0.2, 0.25) is 0 Å². The van der Waals surface area contributed by atoms with E-state index >= 15 is 0 Å². The van der Waals surface area contributed by atoms with Gasteiger partial charge < -0.3 is 10.4 Å². The van der Waals surface area contributed by atoms with Crippen molar-refractivity contribution in [2.45, 2.75) is 38.3 Å². The summed E-state index contributed by atoms with van der Waals surface area (Å²) in [5.74, 6) is 0. The molecule has 112 valence electrons. The summed E-state index contributed by atoms with van der Waals surface area (Å²) in [6.07, 6.45) is 3.05. The Morgan fingerprint density at radius 1 is 0.952 bits per heavy atom. The summed E-state index contributed by atoms with van der Waals surface area (Å²) < 4.78 is 0. The van der Waals surface area contributed by atoms with Crippen molar-refractivity contribution in [1.82, 2.24) is 5.32 Å². The van der Waals surface area contributed by atoms with E-state index in [0.29, 0.717) is 6.04 Å². The van der Waals surface area contributed by atoms with E-state index in [4.69, 9.17) is 0 Å². The first kappa shape index (κ1) is 15.7. The number of nitrogens with one attached hydrogen (secondary N) is 1. The highest BCUT2D eigenvalue weighted by molar-refractivity contribution is 5.20. The molecule has 2 aromatic rings. The summed E-state index contributed by atoms with van der Waals surface area (Å²) in [5, 5.41) is 13.3. The van der Waals surface area contributed by atoms with Crippen molar-refractivity contribution in [3.05, 3.63) is 71.8 Å². The van der Waals surface area contributed by atoms with Crippen LogP contribution in [0.2, 0.25) is 0 Å². The van der Waals surface area contributed by atoms with Gasteiger partial charge in [0.1, 0.15) is 0 Å². The van der Waals surface area contributed by atoms with Crippen molar-refractivity contribution < 1.29 is 5.11 Å². The minimum atomic E-state index is 0.0872. The van der Waals surface area contributed by atoms with Crippen molar-refractivity contribution in [2.75, 3.05) is 6.61 Å². The monoisotopic (exact) mass is 283 g/mol. The van der Waals surface area contributed by atoms with E-state index < -0.39 is 0 Å². The maximum Gasteiger partial charge on any atom is 0.0588 e. The van der Waals surface area contributed by atoms with Crippen molar-refractivity contribution in [1.29, 1.82) is 0 Å². The number of hydrogen-bond donors (Lipinski definition) is 2. The maximum absolute atomic E-state index is 9.69. The molecule has 21 heavy (non-hydrogen) atoms. The lowest BCUT2D eigenvalue weighted by Crippen LogP contribution is -2.37. The van der Waals surface area contributed by atoms with E-state index in [9.17, 15) is 5.11 Å². The average Bonchev–Trinajstić information content (AvgIpc) is 2.55. The quantitative estimate of drug-likeness (QED) is 0.774. The number of aliphatic hydroxyl groups excluding tert-OH is 1. The molecule has 2 heteroatoms. The second kappa shape index (κ2) is 8.60. The highest BCUT2D eigenvalue weighted by Crippen LogP contribution is 2.19. The highest BCUT2D eigenvalue weighted by atomic mass is 16.3. The van der Waals surface area contributed by atoms with Gasteiger partial charge in [0, 0.05) is 12.1 Å². The Morgan fingerprint density at radius 2 is 1.57 bits per heavy atom. The van der Waals surface area contributed by atoms with Gasteiger partial charge in [0.25, 0.3) is 0 Å². The lowest BCUT2D eigenvalue weighted by Gasteiger charge is -2.25. The molecule has 0 aliphatic rings. The van der Waals surface area contributed by atoms with Gasteiger partial charge >= 0.3 is 0 Å². The average molecular weight is 283 g/mol. The van der Waals surface area contributed by atoms with Crippen molar-refractivity contribution >= 4 is 0 Å². The van der Waals surface area contributed by atoms with Crippen LogP contribution in [-0.2, 0) is 6.42 Å². The van der Waals surface area contributed by atoms with Crippen LogP contribution < -0.4 is 5.32 Å². The molecule has 0 bridgehead atoms. The van der Waals surface area contributed by atoms with Gasteiger partial charge in [-0.25, -0.2) is 0 Å².